The molecule has 2 aromatic carbocycles. The molecule has 3 atom stereocenters. The molecule has 0 amide bonds. The van der Waals surface area contributed by atoms with Crippen molar-refractivity contribution in [3.05, 3.63) is 83.9 Å². The monoisotopic (exact) mass is 323 g/mol. The molecular weight excluding hydrogens is 294 g/mol. The summed E-state index contributed by atoms with van der Waals surface area (Å²) in [6.45, 7) is 5.09. The van der Waals surface area contributed by atoms with Gasteiger partial charge in [-0.3, -0.25) is 0 Å². The van der Waals surface area contributed by atoms with Crippen molar-refractivity contribution in [1.82, 2.24) is 5.32 Å². The van der Waals surface area contributed by atoms with Crippen LogP contribution in [0.5, 0.6) is 0 Å². The summed E-state index contributed by atoms with van der Waals surface area (Å²) in [6.07, 6.45) is 5.61. The molecule has 0 heterocycles. The third-order valence-corrected chi connectivity index (χ3v) is 4.28. The Labute approximate surface area is 146 Å². The molecule has 0 aliphatic carbocycles. The molecule has 2 heteroatoms. The first-order valence-corrected chi connectivity index (χ1v) is 8.77. The molecule has 0 radical (unpaired) electrons. The largest absolute Gasteiger partial charge is 0.383 e. The first kappa shape index (κ1) is 18.4. The molecule has 0 saturated heterocycles. The molecule has 0 aliphatic rings. The minimum Gasteiger partial charge on any atom is -0.383 e. The summed E-state index contributed by atoms with van der Waals surface area (Å²) in [5.74, 6) is 0.399. The summed E-state index contributed by atoms with van der Waals surface area (Å²) in [4.78, 5) is 0. The van der Waals surface area contributed by atoms with Gasteiger partial charge in [-0.2, -0.15) is 0 Å². The van der Waals surface area contributed by atoms with E-state index in [0.717, 1.165) is 6.42 Å². The molecule has 0 aliphatic heterocycles. The van der Waals surface area contributed by atoms with E-state index in [9.17, 15) is 0 Å². The Balaban J connectivity index is 2.26. The molecule has 24 heavy (non-hydrogen) atoms. The van der Waals surface area contributed by atoms with Crippen molar-refractivity contribution >= 4 is 0 Å². The second kappa shape index (κ2) is 10.1. The van der Waals surface area contributed by atoms with Crippen LogP contribution in [0.1, 0.15) is 43.5 Å². The van der Waals surface area contributed by atoms with Gasteiger partial charge in [0.2, 0.25) is 0 Å². The summed E-state index contributed by atoms with van der Waals surface area (Å²) in [5.41, 5.74) is 2.56. The standard InChI is InChI=1S/C22H29NO/c1-4-5-12-18(2)22(20-15-10-7-11-16-20)23-21(17-24-3)19-13-8-6-9-14-19/h5-16,18,21-23H,4,17H2,1-3H3/b12-5-/t18-,21-,22+/m1/s1. The smallest absolute Gasteiger partial charge is 0.0657 e. The molecule has 0 bridgehead atoms. The van der Waals surface area contributed by atoms with Gasteiger partial charge in [0.25, 0.3) is 0 Å². The quantitative estimate of drug-likeness (QED) is 0.632. The fraction of sp³-hybridized carbons (Fsp3) is 0.364. The number of methoxy groups -OCH3 is 1. The molecule has 128 valence electrons. The minimum absolute atomic E-state index is 0.166. The summed E-state index contributed by atoms with van der Waals surface area (Å²) < 4.78 is 5.48. The highest BCUT2D eigenvalue weighted by molar-refractivity contribution is 5.24. The normalized spacial score (nSPS) is 15.3. The lowest BCUT2D eigenvalue weighted by molar-refractivity contribution is 0.157. The van der Waals surface area contributed by atoms with Crippen molar-refractivity contribution in [2.24, 2.45) is 5.92 Å². The molecule has 2 rings (SSSR count). The maximum atomic E-state index is 5.48. The van der Waals surface area contributed by atoms with Crippen LogP contribution in [0.25, 0.3) is 0 Å². The number of nitrogens with one attached hydrogen (secondary N) is 1. The number of hydrogen-bond acceptors (Lipinski definition) is 2. The van der Waals surface area contributed by atoms with Crippen LogP contribution in [0, 0.1) is 5.92 Å². The Morgan fingerprint density at radius 2 is 1.54 bits per heavy atom. The fourth-order valence-electron chi connectivity index (χ4n) is 2.98. The zero-order chi connectivity index (χ0) is 17.2. The molecule has 0 spiro atoms. The van der Waals surface area contributed by atoms with E-state index in [1.807, 2.05) is 0 Å². The maximum Gasteiger partial charge on any atom is 0.0657 e. The summed E-state index contributed by atoms with van der Waals surface area (Å²) in [6, 6.07) is 21.6. The second-order valence-electron chi connectivity index (χ2n) is 6.17. The lowest BCUT2D eigenvalue weighted by Gasteiger charge is -2.29. The van der Waals surface area contributed by atoms with E-state index in [4.69, 9.17) is 4.74 Å². The SMILES string of the molecule is CC/C=C\[C@@H](C)[C@H](N[C@H](COC)c1ccccc1)c1ccccc1. The van der Waals surface area contributed by atoms with Crippen LogP contribution in [0.3, 0.4) is 0 Å². The predicted octanol–water partition coefficient (Wildman–Crippen LogP) is 5.31. The van der Waals surface area contributed by atoms with Crippen LogP contribution >= 0.6 is 0 Å². The van der Waals surface area contributed by atoms with Crippen molar-refractivity contribution in [3.63, 3.8) is 0 Å². The van der Waals surface area contributed by atoms with Crippen molar-refractivity contribution in [1.29, 1.82) is 0 Å². The Morgan fingerprint density at radius 3 is 2.08 bits per heavy atom. The molecule has 0 saturated carbocycles. The average molecular weight is 323 g/mol. The van der Waals surface area contributed by atoms with Gasteiger partial charge >= 0.3 is 0 Å². The first-order chi connectivity index (χ1) is 11.8. The van der Waals surface area contributed by atoms with Gasteiger partial charge in [-0.15, -0.1) is 0 Å². The zero-order valence-corrected chi connectivity index (χ0v) is 15.0. The minimum atomic E-state index is 0.166. The van der Waals surface area contributed by atoms with Crippen LogP contribution in [0.15, 0.2) is 72.8 Å². The molecule has 2 aromatic rings. The zero-order valence-electron chi connectivity index (χ0n) is 15.0. The average Bonchev–Trinajstić information content (AvgIpc) is 2.64. The van der Waals surface area contributed by atoms with E-state index in [1.165, 1.54) is 11.1 Å². The summed E-state index contributed by atoms with van der Waals surface area (Å²) >= 11 is 0. The Bertz CT molecular complexity index is 594. The van der Waals surface area contributed by atoms with Crippen molar-refractivity contribution in [2.45, 2.75) is 32.4 Å². The number of ether oxygens (including phenoxy) is 1. The van der Waals surface area contributed by atoms with Gasteiger partial charge in [-0.05, 0) is 23.5 Å². The van der Waals surface area contributed by atoms with Gasteiger partial charge in [0.05, 0.1) is 12.6 Å². The highest BCUT2D eigenvalue weighted by atomic mass is 16.5. The van der Waals surface area contributed by atoms with Gasteiger partial charge in [0.1, 0.15) is 0 Å². The fourth-order valence-corrected chi connectivity index (χ4v) is 2.98. The van der Waals surface area contributed by atoms with Gasteiger partial charge in [-0.25, -0.2) is 0 Å². The highest BCUT2D eigenvalue weighted by Crippen LogP contribution is 2.27. The topological polar surface area (TPSA) is 21.3 Å². The van der Waals surface area contributed by atoms with Crippen molar-refractivity contribution in [2.75, 3.05) is 13.7 Å². The molecule has 1 N–H and O–H groups in total. The molecular formula is C22H29NO. The Morgan fingerprint density at radius 1 is 0.958 bits per heavy atom. The van der Waals surface area contributed by atoms with Crippen LogP contribution in [0.2, 0.25) is 0 Å². The van der Waals surface area contributed by atoms with Crippen LogP contribution in [0.4, 0.5) is 0 Å². The Kier molecular flexibility index (Phi) is 7.73. The lowest BCUT2D eigenvalue weighted by Crippen LogP contribution is -2.32. The number of benzene rings is 2. The molecule has 0 aromatic heterocycles. The van der Waals surface area contributed by atoms with Crippen molar-refractivity contribution < 1.29 is 4.74 Å². The van der Waals surface area contributed by atoms with E-state index in [1.54, 1.807) is 7.11 Å². The van der Waals surface area contributed by atoms with E-state index in [0.29, 0.717) is 12.5 Å². The third-order valence-electron chi connectivity index (χ3n) is 4.28. The maximum absolute atomic E-state index is 5.48. The first-order valence-electron chi connectivity index (χ1n) is 8.77. The van der Waals surface area contributed by atoms with Crippen LogP contribution < -0.4 is 5.32 Å². The van der Waals surface area contributed by atoms with E-state index in [-0.39, 0.29) is 12.1 Å². The summed E-state index contributed by atoms with van der Waals surface area (Å²) in [7, 11) is 1.76. The van der Waals surface area contributed by atoms with Crippen LogP contribution in [-0.2, 0) is 4.74 Å². The number of rotatable bonds is 9. The number of hydrogen-bond donors (Lipinski definition) is 1. The highest BCUT2D eigenvalue weighted by Gasteiger charge is 2.22. The van der Waals surface area contributed by atoms with Gasteiger partial charge in [0.15, 0.2) is 0 Å². The number of allylic oxidation sites excluding steroid dienone is 1. The van der Waals surface area contributed by atoms with E-state index < -0.39 is 0 Å². The lowest BCUT2D eigenvalue weighted by atomic mass is 9.92. The molecule has 0 unspecified atom stereocenters. The van der Waals surface area contributed by atoms with Crippen LogP contribution in [-0.4, -0.2) is 13.7 Å². The van der Waals surface area contributed by atoms with Gasteiger partial charge in [-0.1, -0.05) is 86.7 Å². The van der Waals surface area contributed by atoms with E-state index >= 15 is 0 Å². The molecule has 0 fully saturated rings. The van der Waals surface area contributed by atoms with Crippen molar-refractivity contribution in [3.8, 4) is 0 Å². The Hall–Kier alpha value is -1.90. The van der Waals surface area contributed by atoms with Gasteiger partial charge < -0.3 is 10.1 Å². The van der Waals surface area contributed by atoms with E-state index in [2.05, 4.69) is 92.0 Å². The second-order valence-corrected chi connectivity index (χ2v) is 6.17. The predicted molar refractivity (Wildman–Crippen MR) is 102 cm³/mol. The summed E-state index contributed by atoms with van der Waals surface area (Å²) in [5, 5.41) is 3.82. The molecule has 2 nitrogen and oxygen atoms in total. The van der Waals surface area contributed by atoms with Gasteiger partial charge in [0, 0.05) is 13.2 Å². The third kappa shape index (κ3) is 5.33.